The molecule has 0 bridgehead atoms. The minimum atomic E-state index is -0.580. The zero-order chi connectivity index (χ0) is 13.6. The first-order chi connectivity index (χ1) is 8.44. The highest BCUT2D eigenvalue weighted by molar-refractivity contribution is 5.70. The molecule has 4 heteroatoms. The largest absolute Gasteiger partial charge is 0.469 e. The van der Waals surface area contributed by atoms with Crippen LogP contribution in [0.25, 0.3) is 0 Å². The molecule has 0 radical (unpaired) electrons. The molecule has 0 spiro atoms. The van der Waals surface area contributed by atoms with E-state index >= 15 is 0 Å². The van der Waals surface area contributed by atoms with Gasteiger partial charge in [0.15, 0.2) is 0 Å². The number of aliphatic hydroxyl groups excluding tert-OH is 1. The van der Waals surface area contributed by atoms with E-state index in [0.29, 0.717) is 6.54 Å². The molecule has 1 rings (SSSR count). The molecule has 0 aliphatic carbocycles. The van der Waals surface area contributed by atoms with Gasteiger partial charge < -0.3 is 15.2 Å². The molecule has 2 N–H and O–H groups in total. The van der Waals surface area contributed by atoms with Crippen LogP contribution in [0, 0.1) is 0 Å². The molecule has 4 nitrogen and oxygen atoms in total. The molecule has 1 atom stereocenters. The van der Waals surface area contributed by atoms with Crippen molar-refractivity contribution >= 4 is 5.97 Å². The first-order valence-electron chi connectivity index (χ1n) is 5.99. The summed E-state index contributed by atoms with van der Waals surface area (Å²) in [6.45, 7) is 4.21. The van der Waals surface area contributed by atoms with E-state index in [2.05, 4.69) is 10.1 Å². The Morgan fingerprint density at radius 2 is 2.00 bits per heavy atom. The summed E-state index contributed by atoms with van der Waals surface area (Å²) < 4.78 is 4.64. The van der Waals surface area contributed by atoms with Crippen LogP contribution >= 0.6 is 0 Å². The van der Waals surface area contributed by atoms with Crippen LogP contribution < -0.4 is 5.32 Å². The van der Waals surface area contributed by atoms with Gasteiger partial charge in [0.25, 0.3) is 0 Å². The van der Waals surface area contributed by atoms with E-state index in [0.717, 1.165) is 5.56 Å². The van der Waals surface area contributed by atoms with Gasteiger partial charge in [-0.15, -0.1) is 0 Å². The van der Waals surface area contributed by atoms with Crippen molar-refractivity contribution in [2.75, 3.05) is 13.7 Å². The maximum absolute atomic E-state index is 11.2. The summed E-state index contributed by atoms with van der Waals surface area (Å²) in [7, 11) is 1.37. The highest BCUT2D eigenvalue weighted by Crippen LogP contribution is 2.14. The van der Waals surface area contributed by atoms with E-state index in [4.69, 9.17) is 0 Å². The topological polar surface area (TPSA) is 58.6 Å². The second kappa shape index (κ2) is 6.52. The van der Waals surface area contributed by atoms with E-state index in [1.165, 1.54) is 7.11 Å². The predicted molar refractivity (Wildman–Crippen MR) is 70.1 cm³/mol. The number of esters is 1. The molecule has 0 aliphatic rings. The lowest BCUT2D eigenvalue weighted by Crippen LogP contribution is -2.43. The van der Waals surface area contributed by atoms with Crippen LogP contribution in [0.2, 0.25) is 0 Å². The van der Waals surface area contributed by atoms with Gasteiger partial charge in [-0.3, -0.25) is 4.79 Å². The Hall–Kier alpha value is -1.39. The summed E-state index contributed by atoms with van der Waals surface area (Å²) in [4.78, 5) is 11.2. The lowest BCUT2D eigenvalue weighted by Gasteiger charge is -2.26. The van der Waals surface area contributed by atoms with Crippen molar-refractivity contribution in [3.63, 3.8) is 0 Å². The average molecular weight is 251 g/mol. The first kappa shape index (κ1) is 14.7. The quantitative estimate of drug-likeness (QED) is 0.755. The first-order valence-corrected chi connectivity index (χ1v) is 5.99. The van der Waals surface area contributed by atoms with Gasteiger partial charge in [0.05, 0.1) is 19.6 Å². The van der Waals surface area contributed by atoms with E-state index in [-0.39, 0.29) is 12.4 Å². The molecule has 0 aliphatic heterocycles. The number of carbonyl (C=O) groups excluding carboxylic acids is 1. The summed E-state index contributed by atoms with van der Waals surface area (Å²) in [5.74, 6) is -0.262. The summed E-state index contributed by atoms with van der Waals surface area (Å²) in [6, 6.07) is 9.43. The molecule has 0 saturated carbocycles. The molecular formula is C14H21NO3. The molecule has 0 aromatic heterocycles. The third kappa shape index (κ3) is 4.85. The van der Waals surface area contributed by atoms with Crippen molar-refractivity contribution in [1.82, 2.24) is 5.32 Å². The Kier molecular flexibility index (Phi) is 5.31. The third-order valence-corrected chi connectivity index (χ3v) is 2.77. The standard InChI is InChI=1S/C14H21NO3/c1-14(2,9-13(17)18-3)15-10-12(16)11-7-5-4-6-8-11/h4-8,12,15-16H,9-10H2,1-3H3. The van der Waals surface area contributed by atoms with Crippen molar-refractivity contribution in [3.05, 3.63) is 35.9 Å². The number of benzene rings is 1. The van der Waals surface area contributed by atoms with E-state index < -0.39 is 11.6 Å². The van der Waals surface area contributed by atoms with Crippen LogP contribution in [-0.4, -0.2) is 30.3 Å². The Balaban J connectivity index is 2.47. The fourth-order valence-corrected chi connectivity index (χ4v) is 1.66. The van der Waals surface area contributed by atoms with Gasteiger partial charge in [-0.1, -0.05) is 30.3 Å². The van der Waals surface area contributed by atoms with Crippen LogP contribution in [0.3, 0.4) is 0 Å². The maximum atomic E-state index is 11.2. The molecule has 100 valence electrons. The number of hydrogen-bond acceptors (Lipinski definition) is 4. The molecular weight excluding hydrogens is 230 g/mol. The van der Waals surface area contributed by atoms with Crippen molar-refractivity contribution in [1.29, 1.82) is 0 Å². The van der Waals surface area contributed by atoms with Crippen molar-refractivity contribution in [2.45, 2.75) is 31.9 Å². The van der Waals surface area contributed by atoms with Crippen LogP contribution in [0.1, 0.15) is 31.9 Å². The third-order valence-electron chi connectivity index (χ3n) is 2.77. The highest BCUT2D eigenvalue weighted by Gasteiger charge is 2.23. The van der Waals surface area contributed by atoms with Crippen molar-refractivity contribution < 1.29 is 14.6 Å². The highest BCUT2D eigenvalue weighted by atomic mass is 16.5. The van der Waals surface area contributed by atoms with Crippen LogP contribution in [0.5, 0.6) is 0 Å². The molecule has 0 heterocycles. The minimum Gasteiger partial charge on any atom is -0.469 e. The van der Waals surface area contributed by atoms with Crippen LogP contribution in [0.4, 0.5) is 0 Å². The number of β-amino-alcohol motifs (C(OH)–C–C–N with tert-alkyl or cyclic N) is 1. The normalized spacial score (nSPS) is 13.1. The second-order valence-electron chi connectivity index (χ2n) is 4.94. The number of nitrogens with one attached hydrogen (secondary N) is 1. The number of ether oxygens (including phenoxy) is 1. The zero-order valence-electron chi connectivity index (χ0n) is 11.1. The monoisotopic (exact) mass is 251 g/mol. The Morgan fingerprint density at radius 3 is 2.56 bits per heavy atom. The molecule has 0 fully saturated rings. The summed E-state index contributed by atoms with van der Waals surface area (Å²) in [5.41, 5.74) is 0.460. The van der Waals surface area contributed by atoms with E-state index in [9.17, 15) is 9.90 Å². The Labute approximate surface area is 108 Å². The van der Waals surface area contributed by atoms with Gasteiger partial charge in [0.1, 0.15) is 0 Å². The number of rotatable bonds is 6. The zero-order valence-corrected chi connectivity index (χ0v) is 11.1. The van der Waals surface area contributed by atoms with Gasteiger partial charge >= 0.3 is 5.97 Å². The summed E-state index contributed by atoms with van der Waals surface area (Å²) in [6.07, 6.45) is -0.312. The van der Waals surface area contributed by atoms with Gasteiger partial charge in [-0.05, 0) is 19.4 Å². The number of hydrogen-bond donors (Lipinski definition) is 2. The maximum Gasteiger partial charge on any atom is 0.307 e. The summed E-state index contributed by atoms with van der Waals surface area (Å²) in [5, 5.41) is 13.2. The lowest BCUT2D eigenvalue weighted by molar-refractivity contribution is -0.142. The predicted octanol–water partition coefficient (Wildman–Crippen LogP) is 1.65. The Bertz CT molecular complexity index is 376. The molecule has 0 amide bonds. The fraction of sp³-hybridized carbons (Fsp3) is 0.500. The van der Waals surface area contributed by atoms with E-state index in [1.54, 1.807) is 0 Å². The molecule has 1 aromatic rings. The number of methoxy groups -OCH3 is 1. The average Bonchev–Trinajstić information content (AvgIpc) is 2.36. The molecule has 1 unspecified atom stereocenters. The van der Waals surface area contributed by atoms with Crippen LogP contribution in [-0.2, 0) is 9.53 Å². The van der Waals surface area contributed by atoms with Crippen molar-refractivity contribution in [3.8, 4) is 0 Å². The lowest BCUT2D eigenvalue weighted by atomic mass is 10.00. The fourth-order valence-electron chi connectivity index (χ4n) is 1.66. The molecule has 1 aromatic carbocycles. The summed E-state index contributed by atoms with van der Waals surface area (Å²) >= 11 is 0. The number of aliphatic hydroxyl groups is 1. The smallest absolute Gasteiger partial charge is 0.307 e. The molecule has 0 saturated heterocycles. The van der Waals surface area contributed by atoms with Gasteiger partial charge in [-0.2, -0.15) is 0 Å². The number of carbonyl (C=O) groups is 1. The van der Waals surface area contributed by atoms with Gasteiger partial charge in [0.2, 0.25) is 0 Å². The van der Waals surface area contributed by atoms with Gasteiger partial charge in [-0.25, -0.2) is 0 Å². The SMILES string of the molecule is COC(=O)CC(C)(C)NCC(O)c1ccccc1. The minimum absolute atomic E-state index is 0.262. The van der Waals surface area contributed by atoms with Crippen molar-refractivity contribution in [2.24, 2.45) is 0 Å². The second-order valence-corrected chi connectivity index (χ2v) is 4.94. The van der Waals surface area contributed by atoms with E-state index in [1.807, 2.05) is 44.2 Å². The molecule has 18 heavy (non-hydrogen) atoms. The van der Waals surface area contributed by atoms with Crippen LogP contribution in [0.15, 0.2) is 30.3 Å². The Morgan fingerprint density at radius 1 is 1.39 bits per heavy atom. The van der Waals surface area contributed by atoms with Gasteiger partial charge in [0, 0.05) is 12.1 Å².